The molecule has 7 nitrogen and oxygen atoms in total. The summed E-state index contributed by atoms with van der Waals surface area (Å²) in [6.45, 7) is 2.18. The van der Waals surface area contributed by atoms with Crippen LogP contribution in [0.15, 0.2) is 12.7 Å². The Labute approximate surface area is 97.4 Å². The summed E-state index contributed by atoms with van der Waals surface area (Å²) in [5.74, 6) is 0.0574. The van der Waals surface area contributed by atoms with E-state index in [1.165, 1.54) is 19.8 Å². The van der Waals surface area contributed by atoms with Gasteiger partial charge >= 0.3 is 5.97 Å². The highest BCUT2D eigenvalue weighted by atomic mass is 16.5. The fourth-order valence-electron chi connectivity index (χ4n) is 1.47. The van der Waals surface area contributed by atoms with Crippen molar-refractivity contribution in [1.29, 1.82) is 0 Å². The summed E-state index contributed by atoms with van der Waals surface area (Å²) in [5, 5.41) is 0. The number of imidazole rings is 1. The summed E-state index contributed by atoms with van der Waals surface area (Å²) in [5.41, 5.74) is 1.07. The average Bonchev–Trinajstić information content (AvgIpc) is 2.73. The quantitative estimate of drug-likeness (QED) is 0.715. The van der Waals surface area contributed by atoms with Crippen molar-refractivity contribution in [2.24, 2.45) is 0 Å². The molecular weight excluding hydrogens is 224 g/mol. The molecular formula is C10H12N4O3. The molecule has 2 rings (SSSR count). The van der Waals surface area contributed by atoms with Crippen LogP contribution in [0.25, 0.3) is 11.2 Å². The average molecular weight is 236 g/mol. The topological polar surface area (TPSA) is 79.1 Å². The van der Waals surface area contributed by atoms with Crippen molar-refractivity contribution in [1.82, 2.24) is 19.5 Å². The van der Waals surface area contributed by atoms with Gasteiger partial charge in [0.2, 0.25) is 5.88 Å². The number of fused-ring (bicyclic) bond motifs is 1. The number of carbonyl (C=O) groups is 1. The first-order chi connectivity index (χ1) is 8.26. The molecule has 0 unspecified atom stereocenters. The van der Waals surface area contributed by atoms with Gasteiger partial charge in [-0.1, -0.05) is 0 Å². The van der Waals surface area contributed by atoms with E-state index in [1.807, 2.05) is 0 Å². The predicted octanol–water partition coefficient (Wildman–Crippen LogP) is 0.398. The van der Waals surface area contributed by atoms with Gasteiger partial charge in [-0.25, -0.2) is 9.97 Å². The maximum atomic E-state index is 11.4. The van der Waals surface area contributed by atoms with Crippen molar-refractivity contribution >= 4 is 17.1 Å². The maximum absolute atomic E-state index is 11.4. The highest BCUT2D eigenvalue weighted by molar-refractivity contribution is 5.78. The number of methoxy groups -OCH3 is 1. The van der Waals surface area contributed by atoms with Gasteiger partial charge in [0.1, 0.15) is 12.9 Å². The van der Waals surface area contributed by atoms with E-state index < -0.39 is 0 Å². The van der Waals surface area contributed by atoms with Crippen molar-refractivity contribution in [2.75, 3.05) is 13.7 Å². The zero-order chi connectivity index (χ0) is 12.3. The van der Waals surface area contributed by atoms with Crippen LogP contribution < -0.4 is 4.74 Å². The fourth-order valence-corrected chi connectivity index (χ4v) is 1.47. The van der Waals surface area contributed by atoms with E-state index in [4.69, 9.17) is 9.47 Å². The molecule has 0 aliphatic heterocycles. The van der Waals surface area contributed by atoms with Gasteiger partial charge in [-0.2, -0.15) is 4.98 Å². The Hall–Kier alpha value is -2.18. The molecule has 0 spiro atoms. The second-order valence-corrected chi connectivity index (χ2v) is 3.23. The Kier molecular flexibility index (Phi) is 3.17. The van der Waals surface area contributed by atoms with Crippen LogP contribution in [0, 0.1) is 0 Å². The molecule has 0 atom stereocenters. The molecule has 0 radical (unpaired) electrons. The molecule has 0 amide bonds. The minimum atomic E-state index is -0.329. The lowest BCUT2D eigenvalue weighted by Crippen LogP contribution is -2.13. The predicted molar refractivity (Wildman–Crippen MR) is 58.5 cm³/mol. The molecule has 0 saturated carbocycles. The van der Waals surface area contributed by atoms with E-state index >= 15 is 0 Å². The fraction of sp³-hybridized carbons (Fsp3) is 0.400. The van der Waals surface area contributed by atoms with Crippen LogP contribution in [0.4, 0.5) is 0 Å². The number of ether oxygens (including phenoxy) is 2. The molecule has 0 aromatic carbocycles. The second kappa shape index (κ2) is 4.77. The van der Waals surface area contributed by atoms with Gasteiger partial charge in [-0.15, -0.1) is 0 Å². The van der Waals surface area contributed by atoms with Crippen molar-refractivity contribution in [3.05, 3.63) is 12.7 Å². The van der Waals surface area contributed by atoms with Gasteiger partial charge in [0, 0.05) is 0 Å². The summed E-state index contributed by atoms with van der Waals surface area (Å²) in [6, 6.07) is 0. The SMILES string of the molecule is CCOC(=O)Cn1cnc2c(OC)ncnc21. The lowest BCUT2D eigenvalue weighted by Gasteiger charge is -2.03. The maximum Gasteiger partial charge on any atom is 0.326 e. The van der Waals surface area contributed by atoms with E-state index in [-0.39, 0.29) is 12.5 Å². The first kappa shape index (κ1) is 11.3. The molecule has 2 aromatic rings. The van der Waals surface area contributed by atoms with E-state index in [0.29, 0.717) is 23.7 Å². The highest BCUT2D eigenvalue weighted by Gasteiger charge is 2.12. The summed E-state index contributed by atoms with van der Waals surface area (Å²) >= 11 is 0. The minimum Gasteiger partial charge on any atom is -0.479 e. The Bertz CT molecular complexity index is 537. The van der Waals surface area contributed by atoms with Crippen molar-refractivity contribution in [3.63, 3.8) is 0 Å². The normalized spacial score (nSPS) is 10.5. The number of hydrogen-bond donors (Lipinski definition) is 0. The third kappa shape index (κ3) is 2.17. The Morgan fingerprint density at radius 2 is 2.24 bits per heavy atom. The number of nitrogens with zero attached hydrogens (tertiary/aromatic N) is 4. The zero-order valence-electron chi connectivity index (χ0n) is 9.58. The van der Waals surface area contributed by atoms with Crippen molar-refractivity contribution in [3.8, 4) is 5.88 Å². The second-order valence-electron chi connectivity index (χ2n) is 3.23. The number of esters is 1. The number of aromatic nitrogens is 4. The molecule has 0 fully saturated rings. The van der Waals surface area contributed by atoms with Crippen LogP contribution in [0.1, 0.15) is 6.92 Å². The molecule has 0 bridgehead atoms. The number of hydrogen-bond acceptors (Lipinski definition) is 6. The monoisotopic (exact) mass is 236 g/mol. The summed E-state index contributed by atoms with van der Waals surface area (Å²) < 4.78 is 11.5. The van der Waals surface area contributed by atoms with Crippen LogP contribution in [0.3, 0.4) is 0 Å². The smallest absolute Gasteiger partial charge is 0.326 e. The van der Waals surface area contributed by atoms with E-state index in [2.05, 4.69) is 15.0 Å². The van der Waals surface area contributed by atoms with Gasteiger partial charge in [0.15, 0.2) is 11.2 Å². The number of carbonyl (C=O) groups excluding carboxylic acids is 1. The Morgan fingerprint density at radius 3 is 2.94 bits per heavy atom. The molecule has 2 aromatic heterocycles. The van der Waals surface area contributed by atoms with Gasteiger partial charge < -0.3 is 14.0 Å². The minimum absolute atomic E-state index is 0.0739. The van der Waals surface area contributed by atoms with Crippen molar-refractivity contribution < 1.29 is 14.3 Å². The molecule has 7 heteroatoms. The lowest BCUT2D eigenvalue weighted by molar-refractivity contribution is -0.143. The zero-order valence-corrected chi connectivity index (χ0v) is 9.58. The van der Waals surface area contributed by atoms with Gasteiger partial charge in [-0.05, 0) is 6.92 Å². The molecule has 0 N–H and O–H groups in total. The molecule has 2 heterocycles. The largest absolute Gasteiger partial charge is 0.479 e. The summed E-state index contributed by atoms with van der Waals surface area (Å²) in [4.78, 5) is 23.5. The Balaban J connectivity index is 2.33. The lowest BCUT2D eigenvalue weighted by atomic mass is 10.5. The molecule has 17 heavy (non-hydrogen) atoms. The van der Waals surface area contributed by atoms with E-state index in [1.54, 1.807) is 11.5 Å². The van der Waals surface area contributed by atoms with E-state index in [9.17, 15) is 4.79 Å². The molecule has 90 valence electrons. The van der Waals surface area contributed by atoms with Gasteiger partial charge in [-0.3, -0.25) is 4.79 Å². The van der Waals surface area contributed by atoms with E-state index in [0.717, 1.165) is 0 Å². The Morgan fingerprint density at radius 1 is 1.41 bits per heavy atom. The molecule has 0 saturated heterocycles. The van der Waals surface area contributed by atoms with Gasteiger partial charge in [0.05, 0.1) is 20.0 Å². The standard InChI is InChI=1S/C10H12N4O3/c1-3-17-7(15)4-14-6-13-8-9(14)11-5-12-10(8)16-2/h5-6H,3-4H2,1-2H3. The molecule has 0 aliphatic carbocycles. The van der Waals surface area contributed by atoms with Crippen LogP contribution in [-0.4, -0.2) is 39.2 Å². The van der Waals surface area contributed by atoms with Crippen LogP contribution >= 0.6 is 0 Å². The first-order valence-electron chi connectivity index (χ1n) is 5.11. The third-order valence-corrected chi connectivity index (χ3v) is 2.17. The first-order valence-corrected chi connectivity index (χ1v) is 5.11. The summed E-state index contributed by atoms with van der Waals surface area (Å²) in [7, 11) is 1.51. The number of rotatable bonds is 4. The molecule has 0 aliphatic rings. The van der Waals surface area contributed by atoms with Crippen LogP contribution in [0.5, 0.6) is 5.88 Å². The van der Waals surface area contributed by atoms with Gasteiger partial charge in [0.25, 0.3) is 0 Å². The van der Waals surface area contributed by atoms with Crippen molar-refractivity contribution in [2.45, 2.75) is 13.5 Å². The highest BCUT2D eigenvalue weighted by Crippen LogP contribution is 2.18. The summed E-state index contributed by atoms with van der Waals surface area (Å²) in [6.07, 6.45) is 2.88. The third-order valence-electron chi connectivity index (χ3n) is 2.17. The van der Waals surface area contributed by atoms with Crippen LogP contribution in [0.2, 0.25) is 0 Å². The van der Waals surface area contributed by atoms with Crippen LogP contribution in [-0.2, 0) is 16.1 Å².